The van der Waals surface area contributed by atoms with E-state index in [0.717, 1.165) is 5.69 Å². The van der Waals surface area contributed by atoms with Gasteiger partial charge in [0, 0.05) is 19.8 Å². The van der Waals surface area contributed by atoms with Gasteiger partial charge < -0.3 is 5.43 Å². The quantitative estimate of drug-likeness (QED) is 0.274. The zero-order valence-electron chi connectivity index (χ0n) is 7.28. The van der Waals surface area contributed by atoms with Gasteiger partial charge in [0.15, 0.2) is 5.84 Å². The smallest absolute Gasteiger partial charge is 0.163 e. The third kappa shape index (κ3) is 1.82. The van der Waals surface area contributed by atoms with Crippen LogP contribution in [-0.4, -0.2) is 22.2 Å². The second-order valence-corrected chi connectivity index (χ2v) is 2.34. The van der Waals surface area contributed by atoms with E-state index in [4.69, 9.17) is 5.84 Å². The zero-order valence-corrected chi connectivity index (χ0v) is 7.28. The summed E-state index contributed by atoms with van der Waals surface area (Å²) in [7, 11) is 1.85. The van der Waals surface area contributed by atoms with Gasteiger partial charge >= 0.3 is 0 Å². The first-order chi connectivity index (χ1) is 5.77. The summed E-state index contributed by atoms with van der Waals surface area (Å²) < 4.78 is 1.71. The first-order valence-electron chi connectivity index (χ1n) is 3.79. The fourth-order valence-electron chi connectivity index (χ4n) is 0.900. The Morgan fingerprint density at radius 3 is 3.00 bits per heavy atom. The van der Waals surface area contributed by atoms with Gasteiger partial charge in [0.2, 0.25) is 0 Å². The molecule has 0 fully saturated rings. The number of nitrogens with two attached hydrogens (primary N) is 1. The average molecular weight is 167 g/mol. The molecule has 5 nitrogen and oxygen atoms in total. The molecule has 0 saturated heterocycles. The van der Waals surface area contributed by atoms with Gasteiger partial charge in [-0.15, -0.1) is 0 Å². The van der Waals surface area contributed by atoms with Crippen molar-refractivity contribution in [1.82, 2.24) is 15.2 Å². The second-order valence-electron chi connectivity index (χ2n) is 2.34. The number of hydrogen-bond donors (Lipinski definition) is 2. The second kappa shape index (κ2) is 3.87. The predicted octanol–water partition coefficient (Wildman–Crippen LogP) is -0.350. The van der Waals surface area contributed by atoms with E-state index in [1.54, 1.807) is 4.68 Å². The molecule has 0 radical (unpaired) electrons. The standard InChI is InChI=1S/C7H13N5/c1-3-9-7(10-8)6-4-5-12(2)11-6/h4-5H,3,8H2,1-2H3,(H,9,10). The molecular weight excluding hydrogens is 154 g/mol. The minimum absolute atomic E-state index is 0.623. The minimum Gasteiger partial charge on any atom is -0.307 e. The molecule has 12 heavy (non-hydrogen) atoms. The number of nitrogens with zero attached hydrogens (tertiary/aromatic N) is 3. The minimum atomic E-state index is 0.623. The van der Waals surface area contributed by atoms with Crippen molar-refractivity contribution in [2.75, 3.05) is 6.54 Å². The Morgan fingerprint density at radius 2 is 2.58 bits per heavy atom. The van der Waals surface area contributed by atoms with Crippen molar-refractivity contribution in [3.63, 3.8) is 0 Å². The Labute approximate surface area is 71.3 Å². The summed E-state index contributed by atoms with van der Waals surface area (Å²) in [5.41, 5.74) is 3.27. The molecule has 1 aromatic rings. The highest BCUT2D eigenvalue weighted by Crippen LogP contribution is 1.94. The number of aliphatic imine (C=N–C) groups is 1. The number of hydrogen-bond acceptors (Lipinski definition) is 3. The fraction of sp³-hybridized carbons (Fsp3) is 0.429. The van der Waals surface area contributed by atoms with Crippen molar-refractivity contribution in [1.29, 1.82) is 0 Å². The Kier molecular flexibility index (Phi) is 2.82. The van der Waals surface area contributed by atoms with Crippen LogP contribution in [0.5, 0.6) is 0 Å². The van der Waals surface area contributed by atoms with E-state index in [9.17, 15) is 0 Å². The van der Waals surface area contributed by atoms with Crippen LogP contribution >= 0.6 is 0 Å². The molecule has 1 rings (SSSR count). The van der Waals surface area contributed by atoms with Gasteiger partial charge in [0.05, 0.1) is 0 Å². The van der Waals surface area contributed by atoms with Crippen LogP contribution in [0, 0.1) is 0 Å². The van der Waals surface area contributed by atoms with Crippen molar-refractivity contribution in [3.8, 4) is 0 Å². The van der Waals surface area contributed by atoms with Gasteiger partial charge in [0.25, 0.3) is 0 Å². The summed E-state index contributed by atoms with van der Waals surface area (Å²) in [5.74, 6) is 5.89. The molecule has 0 unspecified atom stereocenters. The normalized spacial score (nSPS) is 11.8. The number of nitrogens with one attached hydrogen (secondary N) is 1. The summed E-state index contributed by atoms with van der Waals surface area (Å²) in [6.07, 6.45) is 1.85. The fourth-order valence-corrected chi connectivity index (χ4v) is 0.900. The Hall–Kier alpha value is -1.36. The lowest BCUT2D eigenvalue weighted by Gasteiger charge is -1.99. The monoisotopic (exact) mass is 167 g/mol. The van der Waals surface area contributed by atoms with Crippen LogP contribution in [-0.2, 0) is 7.05 Å². The van der Waals surface area contributed by atoms with Crippen molar-refractivity contribution < 1.29 is 0 Å². The van der Waals surface area contributed by atoms with Crippen LogP contribution in [0.2, 0.25) is 0 Å². The van der Waals surface area contributed by atoms with Crippen molar-refractivity contribution in [2.24, 2.45) is 17.9 Å². The molecule has 1 aromatic heterocycles. The molecule has 0 bridgehead atoms. The molecule has 5 heteroatoms. The first-order valence-corrected chi connectivity index (χ1v) is 3.79. The molecule has 66 valence electrons. The maximum absolute atomic E-state index is 5.27. The van der Waals surface area contributed by atoms with E-state index in [-0.39, 0.29) is 0 Å². The van der Waals surface area contributed by atoms with Crippen molar-refractivity contribution in [2.45, 2.75) is 6.92 Å². The van der Waals surface area contributed by atoms with E-state index in [2.05, 4.69) is 15.5 Å². The molecule has 0 saturated carbocycles. The SMILES string of the molecule is CCN=C(NN)c1ccn(C)n1. The topological polar surface area (TPSA) is 68.2 Å². The first kappa shape index (κ1) is 8.73. The number of amidine groups is 1. The van der Waals surface area contributed by atoms with Gasteiger partial charge in [-0.3, -0.25) is 9.67 Å². The molecular formula is C7H13N5. The summed E-state index contributed by atoms with van der Waals surface area (Å²) >= 11 is 0. The van der Waals surface area contributed by atoms with Gasteiger partial charge in [-0.2, -0.15) is 5.10 Å². The summed E-state index contributed by atoms with van der Waals surface area (Å²) in [6.45, 7) is 2.64. The molecule has 0 amide bonds. The van der Waals surface area contributed by atoms with E-state index in [1.807, 2.05) is 26.2 Å². The number of hydrazine groups is 1. The molecule has 3 N–H and O–H groups in total. The Balaban J connectivity index is 2.87. The largest absolute Gasteiger partial charge is 0.307 e. The molecule has 0 aromatic carbocycles. The van der Waals surface area contributed by atoms with Gasteiger partial charge in [-0.05, 0) is 13.0 Å². The van der Waals surface area contributed by atoms with Crippen LogP contribution in [0.4, 0.5) is 0 Å². The Morgan fingerprint density at radius 1 is 1.83 bits per heavy atom. The van der Waals surface area contributed by atoms with Crippen LogP contribution in [0.15, 0.2) is 17.3 Å². The average Bonchev–Trinajstić information content (AvgIpc) is 2.47. The summed E-state index contributed by atoms with van der Waals surface area (Å²) in [5, 5.41) is 4.14. The maximum atomic E-state index is 5.27. The lowest BCUT2D eigenvalue weighted by Crippen LogP contribution is -2.31. The highest BCUT2D eigenvalue weighted by Gasteiger charge is 2.02. The van der Waals surface area contributed by atoms with Crippen LogP contribution in [0.25, 0.3) is 0 Å². The molecule has 0 aliphatic rings. The van der Waals surface area contributed by atoms with Crippen LogP contribution < -0.4 is 11.3 Å². The highest BCUT2D eigenvalue weighted by atomic mass is 15.3. The lowest BCUT2D eigenvalue weighted by atomic mass is 10.4. The number of aryl methyl sites for hydroxylation is 1. The number of aromatic nitrogens is 2. The molecule has 0 spiro atoms. The Bertz CT molecular complexity index is 275. The van der Waals surface area contributed by atoms with E-state index in [1.165, 1.54) is 0 Å². The predicted molar refractivity (Wildman–Crippen MR) is 47.6 cm³/mol. The van der Waals surface area contributed by atoms with Gasteiger partial charge in [-0.25, -0.2) is 5.84 Å². The third-order valence-corrected chi connectivity index (χ3v) is 1.41. The maximum Gasteiger partial charge on any atom is 0.163 e. The van der Waals surface area contributed by atoms with Gasteiger partial charge in [0.1, 0.15) is 5.69 Å². The third-order valence-electron chi connectivity index (χ3n) is 1.41. The van der Waals surface area contributed by atoms with Crippen molar-refractivity contribution >= 4 is 5.84 Å². The van der Waals surface area contributed by atoms with E-state index in [0.29, 0.717) is 12.4 Å². The van der Waals surface area contributed by atoms with Gasteiger partial charge in [-0.1, -0.05) is 0 Å². The molecule has 0 aliphatic heterocycles. The van der Waals surface area contributed by atoms with E-state index >= 15 is 0 Å². The molecule has 0 atom stereocenters. The van der Waals surface area contributed by atoms with Crippen molar-refractivity contribution in [3.05, 3.63) is 18.0 Å². The highest BCUT2D eigenvalue weighted by molar-refractivity contribution is 5.96. The lowest BCUT2D eigenvalue weighted by molar-refractivity contribution is 0.761. The zero-order chi connectivity index (χ0) is 8.97. The molecule has 0 aliphatic carbocycles. The van der Waals surface area contributed by atoms with Crippen LogP contribution in [0.3, 0.4) is 0 Å². The summed E-state index contributed by atoms with van der Waals surface area (Å²) in [4.78, 5) is 4.13. The van der Waals surface area contributed by atoms with E-state index < -0.39 is 0 Å². The number of rotatable bonds is 2. The summed E-state index contributed by atoms with van der Waals surface area (Å²) in [6, 6.07) is 1.86. The van der Waals surface area contributed by atoms with Crippen LogP contribution in [0.1, 0.15) is 12.6 Å². The molecule has 1 heterocycles.